The molecule has 9 nitrogen and oxygen atoms in total. The molecule has 5 heterocycles. The van der Waals surface area contributed by atoms with Crippen LogP contribution in [0.1, 0.15) is 18.1 Å². The number of anilines is 2. The van der Waals surface area contributed by atoms with Crippen LogP contribution in [0.4, 0.5) is 11.5 Å². The number of pyridine rings is 2. The summed E-state index contributed by atoms with van der Waals surface area (Å²) in [6.07, 6.45) is 2.05. The number of fused-ring (bicyclic) bond motifs is 2. The number of piperazine rings is 3. The van der Waals surface area contributed by atoms with Gasteiger partial charge < -0.3 is 20.2 Å². The molecule has 0 amide bonds. The Hall–Kier alpha value is -3.45. The van der Waals surface area contributed by atoms with E-state index in [2.05, 4.69) is 55.0 Å². The van der Waals surface area contributed by atoms with E-state index < -0.39 is 0 Å². The Balaban J connectivity index is 1.17. The van der Waals surface area contributed by atoms with Gasteiger partial charge in [-0.3, -0.25) is 9.80 Å². The molecule has 0 aliphatic carbocycles. The van der Waals surface area contributed by atoms with Crippen LogP contribution in [-0.2, 0) is 6.54 Å². The van der Waals surface area contributed by atoms with Gasteiger partial charge in [0.05, 0.1) is 11.1 Å². The van der Waals surface area contributed by atoms with Crippen molar-refractivity contribution in [2.75, 3.05) is 68.7 Å². The Morgan fingerprint density at radius 1 is 1.00 bits per heavy atom. The number of hydrogen-bond acceptors (Lipinski definition) is 9. The van der Waals surface area contributed by atoms with Gasteiger partial charge in [0.25, 0.3) is 0 Å². The van der Waals surface area contributed by atoms with Crippen molar-refractivity contribution in [2.24, 2.45) is 0 Å². The molecule has 0 bridgehead atoms. The van der Waals surface area contributed by atoms with Crippen molar-refractivity contribution in [3.8, 4) is 11.9 Å². The monoisotopic (exact) mass is 498 g/mol. The maximum absolute atomic E-state index is 9.92. The Morgan fingerprint density at radius 3 is 2.65 bits per heavy atom. The predicted molar refractivity (Wildman–Crippen MR) is 145 cm³/mol. The first-order valence-electron chi connectivity index (χ1n) is 13.3. The summed E-state index contributed by atoms with van der Waals surface area (Å²) in [4.78, 5) is 19.0. The summed E-state index contributed by atoms with van der Waals surface area (Å²) in [5, 5.41) is 23.8. The molecule has 3 aliphatic heterocycles. The largest absolute Gasteiger partial charge is 0.493 e. The lowest BCUT2D eigenvalue weighted by molar-refractivity contribution is 0.0317. The number of benzene rings is 1. The first-order chi connectivity index (χ1) is 18.1. The van der Waals surface area contributed by atoms with Gasteiger partial charge in [0.1, 0.15) is 11.9 Å². The highest BCUT2D eigenvalue weighted by Crippen LogP contribution is 2.33. The lowest BCUT2D eigenvalue weighted by Gasteiger charge is -2.51. The second kappa shape index (κ2) is 10.1. The Morgan fingerprint density at radius 2 is 1.86 bits per heavy atom. The molecule has 2 N–H and O–H groups in total. The number of nitriles is 1. The van der Waals surface area contributed by atoms with E-state index in [9.17, 15) is 10.4 Å². The minimum Gasteiger partial charge on any atom is -0.493 e. The summed E-state index contributed by atoms with van der Waals surface area (Å²) in [6.45, 7) is 12.3. The molecule has 2 atom stereocenters. The van der Waals surface area contributed by atoms with Gasteiger partial charge in [0, 0.05) is 101 Å². The summed E-state index contributed by atoms with van der Waals surface area (Å²) in [7, 11) is 0. The van der Waals surface area contributed by atoms with Crippen LogP contribution in [0, 0.1) is 11.3 Å². The van der Waals surface area contributed by atoms with Gasteiger partial charge in [-0.25, -0.2) is 9.97 Å². The standard InChI is InChI=1S/C28H34N8O/c1-20-16-35(25-5-3-22(14-29)28-24(25)4-7-27(37)32-28)19-23-18-33(12-13-36(20)23)17-21-2-6-26(31-15-21)34-10-8-30-9-11-34/h2-7,15,20,23,30H,8-13,16-19H2,1H3,(H,32,37). The number of nitrogens with one attached hydrogen (secondary N) is 1. The maximum atomic E-state index is 9.92. The van der Waals surface area contributed by atoms with Crippen LogP contribution < -0.4 is 15.1 Å². The van der Waals surface area contributed by atoms with Crippen molar-refractivity contribution < 1.29 is 5.11 Å². The van der Waals surface area contributed by atoms with Gasteiger partial charge in [-0.15, -0.1) is 0 Å². The molecule has 0 spiro atoms. The summed E-state index contributed by atoms with van der Waals surface area (Å²) in [5.74, 6) is 1.02. The smallest absolute Gasteiger partial charge is 0.211 e. The molecule has 3 aromatic rings. The molecule has 9 heteroatoms. The highest BCUT2D eigenvalue weighted by molar-refractivity contribution is 5.95. The SMILES string of the molecule is CC1CN(c2ccc(C#N)c3nc(O)ccc23)CC2CN(Cc3ccc(N4CCNCC4)nc3)CCN12. The number of rotatable bonds is 4. The minimum atomic E-state index is -0.0577. The van der Waals surface area contributed by atoms with Crippen molar-refractivity contribution >= 4 is 22.4 Å². The zero-order chi connectivity index (χ0) is 25.4. The molecule has 3 fully saturated rings. The lowest BCUT2D eigenvalue weighted by Crippen LogP contribution is -2.65. The van der Waals surface area contributed by atoms with E-state index in [4.69, 9.17) is 4.98 Å². The van der Waals surface area contributed by atoms with Crippen molar-refractivity contribution in [1.29, 1.82) is 5.26 Å². The molecular weight excluding hydrogens is 464 g/mol. The summed E-state index contributed by atoms with van der Waals surface area (Å²) >= 11 is 0. The third-order valence-electron chi connectivity index (χ3n) is 8.03. The van der Waals surface area contributed by atoms with Crippen molar-refractivity contribution in [3.63, 3.8) is 0 Å². The summed E-state index contributed by atoms with van der Waals surface area (Å²) in [5.41, 5.74) is 3.40. The molecule has 2 aromatic heterocycles. The molecule has 2 unspecified atom stereocenters. The van der Waals surface area contributed by atoms with Gasteiger partial charge in [-0.2, -0.15) is 5.26 Å². The van der Waals surface area contributed by atoms with Crippen LogP contribution in [-0.4, -0.2) is 95.9 Å². The maximum Gasteiger partial charge on any atom is 0.211 e. The summed E-state index contributed by atoms with van der Waals surface area (Å²) < 4.78 is 0. The molecular formula is C28H34N8O. The minimum absolute atomic E-state index is 0.0577. The van der Waals surface area contributed by atoms with Crippen LogP contribution in [0.15, 0.2) is 42.6 Å². The molecule has 3 aliphatic rings. The molecule has 0 radical (unpaired) electrons. The van der Waals surface area contributed by atoms with Gasteiger partial charge >= 0.3 is 0 Å². The Kier molecular flexibility index (Phi) is 6.55. The van der Waals surface area contributed by atoms with Gasteiger partial charge in [-0.1, -0.05) is 6.07 Å². The van der Waals surface area contributed by atoms with Gasteiger partial charge in [0.15, 0.2) is 0 Å². The third-order valence-corrected chi connectivity index (χ3v) is 8.03. The normalized spacial score (nSPS) is 23.1. The van der Waals surface area contributed by atoms with Crippen molar-refractivity contribution in [1.82, 2.24) is 25.1 Å². The molecule has 6 rings (SSSR count). The highest BCUT2D eigenvalue weighted by atomic mass is 16.3. The van der Waals surface area contributed by atoms with Crippen LogP contribution in [0.3, 0.4) is 0 Å². The van der Waals surface area contributed by atoms with Crippen molar-refractivity contribution in [3.05, 3.63) is 53.7 Å². The fourth-order valence-corrected chi connectivity index (χ4v) is 6.18. The highest BCUT2D eigenvalue weighted by Gasteiger charge is 2.36. The fourth-order valence-electron chi connectivity index (χ4n) is 6.18. The average Bonchev–Trinajstić information content (AvgIpc) is 2.93. The molecule has 37 heavy (non-hydrogen) atoms. The topological polar surface area (TPSA) is 94.8 Å². The first kappa shape index (κ1) is 23.9. The van der Waals surface area contributed by atoms with Gasteiger partial charge in [-0.05, 0) is 36.8 Å². The van der Waals surface area contributed by atoms with Crippen LogP contribution in [0.5, 0.6) is 5.88 Å². The number of aromatic hydroxyl groups is 1. The zero-order valence-corrected chi connectivity index (χ0v) is 21.3. The fraction of sp³-hybridized carbons (Fsp3) is 0.464. The van der Waals surface area contributed by atoms with E-state index >= 15 is 0 Å². The summed E-state index contributed by atoms with van der Waals surface area (Å²) in [6, 6.07) is 14.8. The molecule has 3 saturated heterocycles. The van der Waals surface area contributed by atoms with Crippen LogP contribution in [0.25, 0.3) is 10.9 Å². The predicted octanol–water partition coefficient (Wildman–Crippen LogP) is 2.01. The van der Waals surface area contributed by atoms with Crippen molar-refractivity contribution in [2.45, 2.75) is 25.6 Å². The van der Waals surface area contributed by atoms with E-state index in [-0.39, 0.29) is 5.88 Å². The molecule has 1 aromatic carbocycles. The van der Waals surface area contributed by atoms with E-state index in [1.54, 1.807) is 6.07 Å². The average molecular weight is 499 g/mol. The zero-order valence-electron chi connectivity index (χ0n) is 21.3. The van der Waals surface area contributed by atoms with E-state index in [1.165, 1.54) is 5.56 Å². The van der Waals surface area contributed by atoms with E-state index in [0.717, 1.165) is 82.3 Å². The second-order valence-corrected chi connectivity index (χ2v) is 10.5. The lowest BCUT2D eigenvalue weighted by atomic mass is 10.0. The van der Waals surface area contributed by atoms with Crippen LogP contribution in [0.2, 0.25) is 0 Å². The molecule has 0 saturated carbocycles. The van der Waals surface area contributed by atoms with Gasteiger partial charge in [0.2, 0.25) is 5.88 Å². The quantitative estimate of drug-likeness (QED) is 0.560. The second-order valence-electron chi connectivity index (χ2n) is 10.5. The third kappa shape index (κ3) is 4.80. The first-order valence-corrected chi connectivity index (χ1v) is 13.3. The number of nitrogens with zero attached hydrogens (tertiary/aromatic N) is 7. The number of hydrogen-bond donors (Lipinski definition) is 2. The molecule has 192 valence electrons. The number of aromatic nitrogens is 2. The Bertz CT molecular complexity index is 1300. The van der Waals surface area contributed by atoms with E-state index in [1.807, 2.05) is 24.4 Å². The van der Waals surface area contributed by atoms with Crippen LogP contribution >= 0.6 is 0 Å². The Labute approximate surface area is 217 Å². The van der Waals surface area contributed by atoms with E-state index in [0.29, 0.717) is 23.2 Å².